The topological polar surface area (TPSA) is 60.7 Å². The third-order valence-corrected chi connectivity index (χ3v) is 10.5. The molecule has 4 aromatic carbocycles. The maximum atomic E-state index is 11.7. The van der Waals surface area contributed by atoms with Gasteiger partial charge < -0.3 is 15.3 Å². The molecule has 3 heteroatoms. The molecule has 0 spiro atoms. The Hall–Kier alpha value is -3.72. The minimum absolute atomic E-state index is 0.281. The molecule has 4 aromatic rings. The molecule has 0 saturated carbocycles. The predicted molar refractivity (Wildman–Crippen MR) is 225 cm³/mol. The quantitative estimate of drug-likeness (QED) is 0.199. The number of phenolic OH excluding ortho intramolecular Hbond substituents is 3. The summed E-state index contributed by atoms with van der Waals surface area (Å²) in [7, 11) is 0. The van der Waals surface area contributed by atoms with Crippen molar-refractivity contribution in [3.05, 3.63) is 87.5 Å². The monoisotopic (exact) mass is 705 g/mol. The third-order valence-electron chi connectivity index (χ3n) is 10.5. The molecular formula is C49H68O3. The van der Waals surface area contributed by atoms with Crippen LogP contribution in [0.25, 0.3) is 33.4 Å². The lowest BCUT2D eigenvalue weighted by Crippen LogP contribution is -2.18. The van der Waals surface area contributed by atoms with Gasteiger partial charge in [0.2, 0.25) is 0 Å². The van der Waals surface area contributed by atoms with E-state index < -0.39 is 0 Å². The van der Waals surface area contributed by atoms with E-state index in [-0.39, 0.29) is 32.5 Å². The van der Waals surface area contributed by atoms with Gasteiger partial charge >= 0.3 is 0 Å². The first-order chi connectivity index (χ1) is 23.2. The van der Waals surface area contributed by atoms with Gasteiger partial charge in [0.05, 0.1) is 0 Å². The van der Waals surface area contributed by atoms with Crippen molar-refractivity contribution in [2.45, 2.75) is 164 Å². The first-order valence-electron chi connectivity index (χ1n) is 19.0. The number of hydrogen-bond acceptors (Lipinski definition) is 3. The fourth-order valence-corrected chi connectivity index (χ4v) is 7.29. The molecule has 3 nitrogen and oxygen atoms in total. The van der Waals surface area contributed by atoms with E-state index in [0.717, 1.165) is 72.3 Å². The standard InChI is InChI=1S/C49H68O3/c1-28-33(31-24-37(46(8,9)10)42(51)38(25-31)47(11,12)13)20-29(30-22-35(44(2,3)4)41(50)36(23-30)45(5,6)7)21-34(28)32-26-39(48(14,15)16)43(52)40(27-32)49(17,18)19/h20-27,50-52H,1-19H3. The Morgan fingerprint density at radius 3 is 0.654 bits per heavy atom. The van der Waals surface area contributed by atoms with Gasteiger partial charge in [0.25, 0.3) is 0 Å². The van der Waals surface area contributed by atoms with Crippen LogP contribution in [0.3, 0.4) is 0 Å². The van der Waals surface area contributed by atoms with Crippen LogP contribution in [0.4, 0.5) is 0 Å². The summed E-state index contributed by atoms with van der Waals surface area (Å²) in [6.07, 6.45) is 0. The summed E-state index contributed by atoms with van der Waals surface area (Å²) in [5, 5.41) is 35.1. The first kappa shape index (κ1) is 41.0. The minimum Gasteiger partial charge on any atom is -0.507 e. The van der Waals surface area contributed by atoms with Gasteiger partial charge in [-0.1, -0.05) is 125 Å². The van der Waals surface area contributed by atoms with Gasteiger partial charge in [-0.15, -0.1) is 0 Å². The van der Waals surface area contributed by atoms with Crippen molar-refractivity contribution in [1.82, 2.24) is 0 Å². The van der Waals surface area contributed by atoms with E-state index in [1.807, 2.05) is 0 Å². The highest BCUT2D eigenvalue weighted by atomic mass is 16.3. The molecule has 0 amide bonds. The minimum atomic E-state index is -0.283. The Morgan fingerprint density at radius 1 is 0.288 bits per heavy atom. The lowest BCUT2D eigenvalue weighted by Gasteiger charge is -2.30. The molecule has 3 N–H and O–H groups in total. The van der Waals surface area contributed by atoms with Crippen molar-refractivity contribution in [3.63, 3.8) is 0 Å². The Kier molecular flexibility index (Phi) is 10.3. The maximum absolute atomic E-state index is 11.7. The third kappa shape index (κ3) is 8.09. The zero-order valence-corrected chi connectivity index (χ0v) is 36.0. The van der Waals surface area contributed by atoms with E-state index in [9.17, 15) is 15.3 Å². The number of benzene rings is 4. The highest BCUT2D eigenvalue weighted by Gasteiger charge is 2.31. The van der Waals surface area contributed by atoms with Gasteiger partial charge in [-0.3, -0.25) is 0 Å². The van der Waals surface area contributed by atoms with E-state index in [2.05, 4.69) is 180 Å². The molecule has 0 aliphatic rings. The Morgan fingerprint density at radius 2 is 0.462 bits per heavy atom. The highest BCUT2D eigenvalue weighted by Crippen LogP contribution is 2.48. The summed E-state index contributed by atoms with van der Waals surface area (Å²) in [5.74, 6) is 1.09. The lowest BCUT2D eigenvalue weighted by atomic mass is 9.75. The summed E-state index contributed by atoms with van der Waals surface area (Å²) in [6.45, 7) is 41.0. The molecule has 0 atom stereocenters. The molecule has 0 saturated heterocycles. The fraction of sp³-hybridized carbons (Fsp3) is 0.510. The number of phenols is 3. The van der Waals surface area contributed by atoms with Gasteiger partial charge in [-0.25, -0.2) is 0 Å². The van der Waals surface area contributed by atoms with E-state index in [1.54, 1.807) is 0 Å². The Bertz CT molecular complexity index is 1790. The fourth-order valence-electron chi connectivity index (χ4n) is 7.29. The van der Waals surface area contributed by atoms with E-state index >= 15 is 0 Å². The van der Waals surface area contributed by atoms with Crippen molar-refractivity contribution in [2.24, 2.45) is 0 Å². The van der Waals surface area contributed by atoms with Crippen molar-refractivity contribution in [3.8, 4) is 50.6 Å². The van der Waals surface area contributed by atoms with Crippen LogP contribution in [0, 0.1) is 6.92 Å². The van der Waals surface area contributed by atoms with Crippen molar-refractivity contribution in [1.29, 1.82) is 0 Å². The highest BCUT2D eigenvalue weighted by molar-refractivity contribution is 5.87. The summed E-state index contributed by atoms with van der Waals surface area (Å²) >= 11 is 0. The second-order valence-corrected chi connectivity index (χ2v) is 21.5. The predicted octanol–water partition coefficient (Wildman–Crippen LogP) is 13.9. The van der Waals surface area contributed by atoms with Crippen LogP contribution in [-0.2, 0) is 32.5 Å². The molecule has 52 heavy (non-hydrogen) atoms. The van der Waals surface area contributed by atoms with Crippen molar-refractivity contribution in [2.75, 3.05) is 0 Å². The second kappa shape index (κ2) is 13.0. The molecule has 0 aliphatic heterocycles. The van der Waals surface area contributed by atoms with Gasteiger partial charge in [0.1, 0.15) is 17.2 Å². The molecule has 0 radical (unpaired) electrons. The Labute approximate surface area is 316 Å². The Balaban J connectivity index is 2.29. The molecule has 0 aliphatic carbocycles. The van der Waals surface area contributed by atoms with Crippen LogP contribution in [0.5, 0.6) is 17.2 Å². The normalized spacial score (nSPS) is 13.5. The smallest absolute Gasteiger partial charge is 0.123 e. The lowest BCUT2D eigenvalue weighted by molar-refractivity contribution is 0.422. The number of aromatic hydroxyl groups is 3. The largest absolute Gasteiger partial charge is 0.507 e. The van der Waals surface area contributed by atoms with E-state index in [1.165, 1.54) is 0 Å². The SMILES string of the molecule is Cc1c(-c2cc(C(C)(C)C)c(O)c(C(C)(C)C)c2)cc(-c2cc(C(C)(C)C)c(O)c(C(C)(C)C)c2)cc1-c1cc(C(C)(C)C)c(O)c(C(C)(C)C)c1. The van der Waals surface area contributed by atoms with Crippen molar-refractivity contribution < 1.29 is 15.3 Å². The van der Waals surface area contributed by atoms with Crippen molar-refractivity contribution >= 4 is 0 Å². The summed E-state index contributed by atoms with van der Waals surface area (Å²) in [6, 6.07) is 17.6. The summed E-state index contributed by atoms with van der Waals surface area (Å²) < 4.78 is 0. The van der Waals surface area contributed by atoms with Gasteiger partial charge in [0, 0.05) is 33.4 Å². The van der Waals surface area contributed by atoms with Crippen LogP contribution in [0.1, 0.15) is 164 Å². The molecule has 4 rings (SSSR count). The molecule has 0 bridgehead atoms. The number of hydrogen-bond donors (Lipinski definition) is 3. The van der Waals surface area contributed by atoms with Crippen LogP contribution < -0.4 is 0 Å². The molecule has 0 aromatic heterocycles. The van der Waals surface area contributed by atoms with E-state index in [0.29, 0.717) is 17.2 Å². The van der Waals surface area contributed by atoms with Crippen LogP contribution in [-0.4, -0.2) is 15.3 Å². The zero-order chi connectivity index (χ0) is 39.9. The van der Waals surface area contributed by atoms with E-state index in [4.69, 9.17) is 0 Å². The molecular weight excluding hydrogens is 637 g/mol. The molecule has 0 fully saturated rings. The van der Waals surface area contributed by atoms with Crippen LogP contribution in [0.2, 0.25) is 0 Å². The molecule has 0 heterocycles. The summed E-state index contributed by atoms with van der Waals surface area (Å²) in [4.78, 5) is 0. The summed E-state index contributed by atoms with van der Waals surface area (Å²) in [5.41, 5.74) is 11.4. The van der Waals surface area contributed by atoms with Crippen LogP contribution in [0.15, 0.2) is 48.5 Å². The average molecular weight is 705 g/mol. The maximum Gasteiger partial charge on any atom is 0.123 e. The van der Waals surface area contributed by atoms with Gasteiger partial charge in [-0.2, -0.15) is 0 Å². The van der Waals surface area contributed by atoms with Gasteiger partial charge in [0.15, 0.2) is 0 Å². The second-order valence-electron chi connectivity index (χ2n) is 21.5. The van der Waals surface area contributed by atoms with Crippen LogP contribution >= 0.6 is 0 Å². The number of rotatable bonds is 3. The average Bonchev–Trinajstić information content (AvgIpc) is 2.94. The molecule has 282 valence electrons. The molecule has 0 unspecified atom stereocenters. The van der Waals surface area contributed by atoms with Gasteiger partial charge in [-0.05, 0) is 127 Å². The first-order valence-corrected chi connectivity index (χ1v) is 19.0. The zero-order valence-electron chi connectivity index (χ0n) is 36.0.